The van der Waals surface area contributed by atoms with E-state index in [1.54, 1.807) is 18.2 Å². The number of carboxylic acid groups (broad SMARTS) is 1. The molecule has 8 heteroatoms. The van der Waals surface area contributed by atoms with Crippen molar-refractivity contribution in [1.29, 1.82) is 0 Å². The second-order valence-electron chi connectivity index (χ2n) is 4.10. The highest BCUT2D eigenvalue weighted by Gasteiger charge is 2.17. The number of benzene rings is 1. The molecule has 0 aliphatic heterocycles. The zero-order chi connectivity index (χ0) is 15.4. The molecule has 2 rings (SSSR count). The van der Waals surface area contributed by atoms with E-state index in [0.717, 1.165) is 0 Å². The average Bonchev–Trinajstić information content (AvgIpc) is 2.45. The summed E-state index contributed by atoms with van der Waals surface area (Å²) < 4.78 is 0. The molecule has 2 N–H and O–H groups in total. The monoisotopic (exact) mass is 307 g/mol. The number of aromatic carboxylic acids is 1. The number of hydrogen-bond donors (Lipinski definition) is 2. The van der Waals surface area contributed by atoms with Gasteiger partial charge in [0.15, 0.2) is 0 Å². The third-order valence-corrected chi connectivity index (χ3v) is 3.00. The second-order valence-corrected chi connectivity index (χ2v) is 4.51. The standard InChI is InChI=1S/C13H10ClN3O4/c14-9-2-1-3-10(12(9)17(20)21)15-6-8-4-5-11(13(18)19)16-7-8/h1-5,7,15H,6H2,(H,18,19). The quantitative estimate of drug-likeness (QED) is 0.650. The Hall–Kier alpha value is -2.67. The van der Waals surface area contributed by atoms with Crippen LogP contribution in [0.1, 0.15) is 16.1 Å². The van der Waals surface area contributed by atoms with Gasteiger partial charge in [-0.15, -0.1) is 0 Å². The van der Waals surface area contributed by atoms with Crippen molar-refractivity contribution in [2.75, 3.05) is 5.32 Å². The number of carbonyl (C=O) groups is 1. The lowest BCUT2D eigenvalue weighted by Crippen LogP contribution is -2.05. The molecule has 21 heavy (non-hydrogen) atoms. The van der Waals surface area contributed by atoms with Gasteiger partial charge in [-0.05, 0) is 23.8 Å². The normalized spacial score (nSPS) is 10.1. The Balaban J connectivity index is 2.15. The molecule has 0 saturated heterocycles. The van der Waals surface area contributed by atoms with Crippen molar-refractivity contribution in [1.82, 2.24) is 4.98 Å². The maximum absolute atomic E-state index is 11.0. The predicted molar refractivity (Wildman–Crippen MR) is 76.6 cm³/mol. The zero-order valence-electron chi connectivity index (χ0n) is 10.6. The van der Waals surface area contributed by atoms with E-state index in [4.69, 9.17) is 16.7 Å². The summed E-state index contributed by atoms with van der Waals surface area (Å²) in [5, 5.41) is 22.7. The first-order valence-corrected chi connectivity index (χ1v) is 6.22. The minimum atomic E-state index is -1.11. The van der Waals surface area contributed by atoms with Crippen LogP contribution in [0.2, 0.25) is 5.02 Å². The molecule has 0 bridgehead atoms. The Morgan fingerprint density at radius 2 is 2.14 bits per heavy atom. The number of anilines is 1. The van der Waals surface area contributed by atoms with Crippen LogP contribution >= 0.6 is 11.6 Å². The van der Waals surface area contributed by atoms with Crippen molar-refractivity contribution in [3.63, 3.8) is 0 Å². The van der Waals surface area contributed by atoms with Crippen LogP contribution in [0.5, 0.6) is 0 Å². The highest BCUT2D eigenvalue weighted by atomic mass is 35.5. The summed E-state index contributed by atoms with van der Waals surface area (Å²) in [6, 6.07) is 7.53. The Bertz CT molecular complexity index is 688. The maximum Gasteiger partial charge on any atom is 0.354 e. The minimum Gasteiger partial charge on any atom is -0.477 e. The van der Waals surface area contributed by atoms with Gasteiger partial charge in [-0.3, -0.25) is 10.1 Å². The van der Waals surface area contributed by atoms with Crippen LogP contribution in [0.3, 0.4) is 0 Å². The van der Waals surface area contributed by atoms with E-state index in [1.165, 1.54) is 18.3 Å². The fraction of sp³-hybridized carbons (Fsp3) is 0.0769. The van der Waals surface area contributed by atoms with E-state index in [9.17, 15) is 14.9 Å². The first kappa shape index (κ1) is 14.7. The van der Waals surface area contributed by atoms with E-state index >= 15 is 0 Å². The molecule has 108 valence electrons. The van der Waals surface area contributed by atoms with Crippen LogP contribution < -0.4 is 5.32 Å². The molecule has 0 aliphatic rings. The summed E-state index contributed by atoms with van der Waals surface area (Å²) in [7, 11) is 0. The third-order valence-electron chi connectivity index (χ3n) is 2.70. The van der Waals surface area contributed by atoms with Crippen molar-refractivity contribution in [3.8, 4) is 0 Å². The number of nitro benzene ring substituents is 1. The van der Waals surface area contributed by atoms with Gasteiger partial charge in [0, 0.05) is 12.7 Å². The molecule has 2 aromatic rings. The largest absolute Gasteiger partial charge is 0.477 e. The summed E-state index contributed by atoms with van der Waals surface area (Å²) in [6.45, 7) is 0.258. The predicted octanol–water partition coefficient (Wildman–Crippen LogP) is 2.95. The molecular formula is C13H10ClN3O4. The summed E-state index contributed by atoms with van der Waals surface area (Å²) >= 11 is 5.80. The highest BCUT2D eigenvalue weighted by Crippen LogP contribution is 2.32. The number of nitro groups is 1. The Kier molecular flexibility index (Phi) is 4.34. The van der Waals surface area contributed by atoms with Crippen molar-refractivity contribution in [3.05, 3.63) is 62.9 Å². The van der Waals surface area contributed by atoms with Gasteiger partial charge in [-0.2, -0.15) is 0 Å². The Labute approximate surface area is 124 Å². The van der Waals surface area contributed by atoms with E-state index in [0.29, 0.717) is 5.56 Å². The number of hydrogen-bond acceptors (Lipinski definition) is 5. The van der Waals surface area contributed by atoms with Crippen LogP contribution in [0.25, 0.3) is 0 Å². The molecular weight excluding hydrogens is 298 g/mol. The molecule has 0 aliphatic carbocycles. The first-order valence-electron chi connectivity index (χ1n) is 5.84. The number of rotatable bonds is 5. The van der Waals surface area contributed by atoms with E-state index in [1.807, 2.05) is 0 Å². The van der Waals surface area contributed by atoms with Crippen LogP contribution in [0, 0.1) is 10.1 Å². The van der Waals surface area contributed by atoms with Crippen molar-refractivity contribution < 1.29 is 14.8 Å². The topological polar surface area (TPSA) is 105 Å². The van der Waals surface area contributed by atoms with Gasteiger partial charge in [0.05, 0.1) is 4.92 Å². The second kappa shape index (κ2) is 6.19. The van der Waals surface area contributed by atoms with Gasteiger partial charge in [-0.1, -0.05) is 23.7 Å². The maximum atomic E-state index is 11.0. The summed E-state index contributed by atoms with van der Waals surface area (Å²) in [6.07, 6.45) is 1.40. The lowest BCUT2D eigenvalue weighted by atomic mass is 10.2. The molecule has 0 spiro atoms. The third kappa shape index (κ3) is 3.46. The number of para-hydroxylation sites is 1. The van der Waals surface area contributed by atoms with E-state index in [2.05, 4.69) is 10.3 Å². The molecule has 0 atom stereocenters. The van der Waals surface area contributed by atoms with Gasteiger partial charge in [0.1, 0.15) is 16.4 Å². The minimum absolute atomic E-state index is 0.0457. The number of pyridine rings is 1. The van der Waals surface area contributed by atoms with Gasteiger partial charge in [0.25, 0.3) is 0 Å². The summed E-state index contributed by atoms with van der Waals surface area (Å²) in [5.74, 6) is -1.11. The SMILES string of the molecule is O=C(O)c1ccc(CNc2cccc(Cl)c2[N+](=O)[O-])cn1. The molecule has 1 aromatic carbocycles. The molecule has 7 nitrogen and oxygen atoms in total. The van der Waals surface area contributed by atoms with Gasteiger partial charge >= 0.3 is 11.7 Å². The van der Waals surface area contributed by atoms with Crippen molar-refractivity contribution >= 4 is 28.9 Å². The van der Waals surface area contributed by atoms with Gasteiger partial charge in [-0.25, -0.2) is 9.78 Å². The molecule has 0 saturated carbocycles. The molecule has 0 radical (unpaired) electrons. The van der Waals surface area contributed by atoms with Crippen LogP contribution in [-0.2, 0) is 6.54 Å². The Morgan fingerprint density at radius 3 is 2.71 bits per heavy atom. The molecule has 0 unspecified atom stereocenters. The Morgan fingerprint density at radius 1 is 1.38 bits per heavy atom. The number of nitrogens with zero attached hydrogens (tertiary/aromatic N) is 2. The molecule has 1 aromatic heterocycles. The average molecular weight is 308 g/mol. The van der Waals surface area contributed by atoms with Gasteiger partial charge < -0.3 is 10.4 Å². The number of nitrogens with one attached hydrogen (secondary N) is 1. The highest BCUT2D eigenvalue weighted by molar-refractivity contribution is 6.33. The fourth-order valence-electron chi connectivity index (χ4n) is 1.70. The lowest BCUT2D eigenvalue weighted by Gasteiger charge is -2.08. The van der Waals surface area contributed by atoms with Gasteiger partial charge in [0.2, 0.25) is 0 Å². The van der Waals surface area contributed by atoms with E-state index < -0.39 is 10.9 Å². The smallest absolute Gasteiger partial charge is 0.354 e. The lowest BCUT2D eigenvalue weighted by molar-refractivity contribution is -0.383. The zero-order valence-corrected chi connectivity index (χ0v) is 11.4. The fourth-order valence-corrected chi connectivity index (χ4v) is 1.94. The van der Waals surface area contributed by atoms with Crippen LogP contribution in [0.4, 0.5) is 11.4 Å². The molecule has 1 heterocycles. The number of halogens is 1. The van der Waals surface area contributed by atoms with Crippen LogP contribution in [-0.4, -0.2) is 21.0 Å². The number of carboxylic acids is 1. The van der Waals surface area contributed by atoms with Crippen molar-refractivity contribution in [2.24, 2.45) is 0 Å². The first-order chi connectivity index (χ1) is 9.99. The summed E-state index contributed by atoms with van der Waals surface area (Å²) in [4.78, 5) is 24.9. The molecule has 0 amide bonds. The number of aromatic nitrogens is 1. The van der Waals surface area contributed by atoms with Crippen molar-refractivity contribution in [2.45, 2.75) is 6.54 Å². The molecule has 0 fully saturated rings. The van der Waals surface area contributed by atoms with Crippen LogP contribution in [0.15, 0.2) is 36.5 Å². The summed E-state index contributed by atoms with van der Waals surface area (Å²) in [5.41, 5.74) is 0.714. The van der Waals surface area contributed by atoms with E-state index in [-0.39, 0.29) is 28.6 Å².